The molecule has 1 aromatic carbocycles. The highest BCUT2D eigenvalue weighted by atomic mass is 32.2. The van der Waals surface area contributed by atoms with Crippen molar-refractivity contribution in [1.29, 1.82) is 0 Å². The lowest BCUT2D eigenvalue weighted by Crippen LogP contribution is -2.52. The largest absolute Gasteiger partial charge is 0.573 e. The van der Waals surface area contributed by atoms with Crippen molar-refractivity contribution in [3.05, 3.63) is 48.0 Å². The van der Waals surface area contributed by atoms with Crippen molar-refractivity contribution in [2.75, 3.05) is 0 Å². The lowest BCUT2D eigenvalue weighted by molar-refractivity contribution is -0.274. The number of hydrogen-bond donors (Lipinski definition) is 2. The summed E-state index contributed by atoms with van der Waals surface area (Å²) < 4.78 is 67.2. The van der Waals surface area contributed by atoms with E-state index in [2.05, 4.69) is 14.7 Å². The molecule has 0 saturated heterocycles. The van der Waals surface area contributed by atoms with Crippen LogP contribution in [-0.2, 0) is 27.8 Å². The van der Waals surface area contributed by atoms with Crippen LogP contribution in [0, 0.1) is 0 Å². The second-order valence-electron chi connectivity index (χ2n) is 5.72. The van der Waals surface area contributed by atoms with E-state index < -0.39 is 34.1 Å². The number of nitrogens with zero attached hydrogens (tertiary/aromatic N) is 3. The number of hydroxylamine groups is 1. The van der Waals surface area contributed by atoms with Crippen molar-refractivity contribution in [2.24, 2.45) is 0 Å². The summed E-state index contributed by atoms with van der Waals surface area (Å²) in [5.41, 5.74) is 2.14. The first-order valence-corrected chi connectivity index (χ1v) is 9.16. The van der Waals surface area contributed by atoms with Gasteiger partial charge in [-0.25, -0.2) is 13.9 Å². The van der Waals surface area contributed by atoms with E-state index in [1.54, 1.807) is 0 Å². The molecule has 1 amide bonds. The molecule has 3 rings (SSSR count). The number of alkyl halides is 3. The maximum Gasteiger partial charge on any atom is 0.573 e. The van der Waals surface area contributed by atoms with Crippen molar-refractivity contribution in [3.63, 3.8) is 0 Å². The highest BCUT2D eigenvalue weighted by Crippen LogP contribution is 2.29. The van der Waals surface area contributed by atoms with Crippen molar-refractivity contribution in [2.45, 2.75) is 30.3 Å². The Hall–Kier alpha value is -2.77. The van der Waals surface area contributed by atoms with Gasteiger partial charge in [-0.15, -0.1) is 13.2 Å². The molecular weight excluding hydrogens is 405 g/mol. The smallest absolute Gasteiger partial charge is 0.406 e. The zero-order valence-corrected chi connectivity index (χ0v) is 14.7. The average molecular weight is 418 g/mol. The molecule has 2 aromatic rings. The molecule has 0 spiro atoms. The number of nitrogens with one attached hydrogen (secondary N) is 1. The lowest BCUT2D eigenvalue weighted by atomic mass is 10.0. The first-order valence-electron chi connectivity index (χ1n) is 7.72. The molecule has 0 fully saturated rings. The SMILES string of the molecule is O=C(NO)C1Cc2nccnc2CN1S(=O)(=O)c1ccc(OC(F)(F)F)cc1. The van der Waals surface area contributed by atoms with E-state index in [1.807, 2.05) is 0 Å². The van der Waals surface area contributed by atoms with Crippen molar-refractivity contribution in [3.8, 4) is 5.75 Å². The van der Waals surface area contributed by atoms with E-state index in [4.69, 9.17) is 5.21 Å². The third-order valence-corrected chi connectivity index (χ3v) is 5.85. The molecule has 1 aliphatic rings. The minimum Gasteiger partial charge on any atom is -0.406 e. The number of ether oxygens (including phenoxy) is 1. The molecule has 9 nitrogen and oxygen atoms in total. The first kappa shape index (κ1) is 20.0. The van der Waals surface area contributed by atoms with Gasteiger partial charge in [-0.1, -0.05) is 0 Å². The molecule has 0 saturated carbocycles. The third-order valence-electron chi connectivity index (χ3n) is 3.98. The van der Waals surface area contributed by atoms with Crippen LogP contribution in [0.2, 0.25) is 0 Å². The van der Waals surface area contributed by atoms with Gasteiger partial charge in [0, 0.05) is 18.8 Å². The van der Waals surface area contributed by atoms with E-state index in [0.29, 0.717) is 11.4 Å². The van der Waals surface area contributed by atoms with Crippen LogP contribution in [0.5, 0.6) is 5.75 Å². The van der Waals surface area contributed by atoms with Crippen LogP contribution in [0.4, 0.5) is 13.2 Å². The fourth-order valence-corrected chi connectivity index (χ4v) is 4.29. The molecule has 1 aliphatic heterocycles. The summed E-state index contributed by atoms with van der Waals surface area (Å²) in [6.45, 7) is -0.301. The molecule has 2 N–H and O–H groups in total. The highest BCUT2D eigenvalue weighted by Gasteiger charge is 2.41. The molecule has 0 radical (unpaired) electrons. The van der Waals surface area contributed by atoms with Crippen LogP contribution in [0.1, 0.15) is 11.4 Å². The third kappa shape index (κ3) is 4.05. The zero-order valence-electron chi connectivity index (χ0n) is 13.9. The number of sulfonamides is 1. The number of rotatable bonds is 4. The van der Waals surface area contributed by atoms with Gasteiger partial charge in [0.2, 0.25) is 10.0 Å². The van der Waals surface area contributed by atoms with E-state index in [0.717, 1.165) is 28.6 Å². The van der Waals surface area contributed by atoms with E-state index >= 15 is 0 Å². The van der Waals surface area contributed by atoms with Gasteiger partial charge in [-0.05, 0) is 24.3 Å². The standard InChI is InChI=1S/C15H13F3N4O5S/c16-15(17,18)27-9-1-3-10(4-2-9)28(25,26)22-8-12-11(19-5-6-20-12)7-13(22)14(23)21-24/h1-6,13,24H,7-8H2,(H,21,23). The number of hydrogen-bond acceptors (Lipinski definition) is 7. The van der Waals surface area contributed by atoms with Gasteiger partial charge in [0.1, 0.15) is 11.8 Å². The van der Waals surface area contributed by atoms with Crippen LogP contribution < -0.4 is 10.2 Å². The number of carbonyl (C=O) groups is 1. The summed E-state index contributed by atoms with van der Waals surface area (Å²) >= 11 is 0. The second kappa shape index (κ2) is 7.33. The van der Waals surface area contributed by atoms with E-state index in [9.17, 15) is 26.4 Å². The van der Waals surface area contributed by atoms with Crippen molar-refractivity contribution in [1.82, 2.24) is 19.8 Å². The Kier molecular flexibility index (Phi) is 5.23. The van der Waals surface area contributed by atoms with Crippen molar-refractivity contribution < 1.29 is 36.3 Å². The fourth-order valence-electron chi connectivity index (χ4n) is 2.74. The van der Waals surface area contributed by atoms with Crippen LogP contribution in [0.15, 0.2) is 41.6 Å². The maximum absolute atomic E-state index is 13.0. The zero-order chi connectivity index (χ0) is 20.5. The molecule has 150 valence electrons. The Balaban J connectivity index is 1.95. The molecular formula is C15H13F3N4O5S. The van der Waals surface area contributed by atoms with Gasteiger partial charge < -0.3 is 4.74 Å². The van der Waals surface area contributed by atoms with Crippen LogP contribution in [0.3, 0.4) is 0 Å². The summed E-state index contributed by atoms with van der Waals surface area (Å²) in [6, 6.07) is 2.23. The predicted octanol–water partition coefficient (Wildman–Crippen LogP) is 0.996. The number of halogens is 3. The van der Waals surface area contributed by atoms with Gasteiger partial charge in [0.25, 0.3) is 5.91 Å². The van der Waals surface area contributed by atoms with E-state index in [1.165, 1.54) is 17.9 Å². The molecule has 0 aliphatic carbocycles. The van der Waals surface area contributed by atoms with Crippen LogP contribution in [0.25, 0.3) is 0 Å². The summed E-state index contributed by atoms with van der Waals surface area (Å²) in [6.07, 6.45) is -2.31. The first-order chi connectivity index (χ1) is 13.1. The minimum absolute atomic E-state index is 0.135. The normalized spacial score (nSPS) is 17.6. The monoisotopic (exact) mass is 418 g/mol. The van der Waals surface area contributed by atoms with Gasteiger partial charge in [0.15, 0.2) is 0 Å². The summed E-state index contributed by atoms with van der Waals surface area (Å²) in [5.74, 6) is -1.57. The quantitative estimate of drug-likeness (QED) is 0.561. The minimum atomic E-state index is -4.92. The summed E-state index contributed by atoms with van der Waals surface area (Å²) in [4.78, 5) is 19.8. The molecule has 13 heteroatoms. The van der Waals surface area contributed by atoms with Crippen LogP contribution in [-0.4, -0.2) is 46.2 Å². The Labute approximate surface area is 156 Å². The van der Waals surface area contributed by atoms with Gasteiger partial charge in [0.05, 0.1) is 22.8 Å². The Morgan fingerprint density at radius 2 is 1.79 bits per heavy atom. The molecule has 2 heterocycles. The maximum atomic E-state index is 13.0. The Bertz CT molecular complexity index is 982. The molecule has 28 heavy (non-hydrogen) atoms. The predicted molar refractivity (Wildman–Crippen MR) is 85.3 cm³/mol. The second-order valence-corrected chi connectivity index (χ2v) is 7.61. The summed E-state index contributed by atoms with van der Waals surface area (Å²) in [5, 5.41) is 8.95. The number of fused-ring (bicyclic) bond motifs is 1. The van der Waals surface area contributed by atoms with Gasteiger partial charge in [-0.3, -0.25) is 20.0 Å². The summed E-state index contributed by atoms with van der Waals surface area (Å²) in [7, 11) is -4.31. The fraction of sp³-hybridized carbons (Fsp3) is 0.267. The van der Waals surface area contributed by atoms with Crippen molar-refractivity contribution >= 4 is 15.9 Å². The van der Waals surface area contributed by atoms with Crippen LogP contribution >= 0.6 is 0 Å². The number of benzene rings is 1. The highest BCUT2D eigenvalue weighted by molar-refractivity contribution is 7.89. The average Bonchev–Trinajstić information content (AvgIpc) is 2.65. The van der Waals surface area contributed by atoms with Gasteiger partial charge in [-0.2, -0.15) is 4.31 Å². The number of amides is 1. The van der Waals surface area contributed by atoms with Gasteiger partial charge >= 0.3 is 6.36 Å². The number of carbonyl (C=O) groups excluding carboxylic acids is 1. The lowest BCUT2D eigenvalue weighted by Gasteiger charge is -2.33. The topological polar surface area (TPSA) is 122 Å². The molecule has 1 aromatic heterocycles. The van der Waals surface area contributed by atoms with E-state index in [-0.39, 0.29) is 17.9 Å². The Morgan fingerprint density at radius 3 is 2.36 bits per heavy atom. The number of aromatic nitrogens is 2. The molecule has 1 unspecified atom stereocenters. The Morgan fingerprint density at radius 1 is 1.18 bits per heavy atom. The molecule has 1 atom stereocenters. The molecule has 0 bridgehead atoms.